The molecule has 2 N–H and O–H groups in total. The minimum absolute atomic E-state index is 0.0456. The van der Waals surface area contributed by atoms with Gasteiger partial charge in [0.05, 0.1) is 6.61 Å². The van der Waals surface area contributed by atoms with E-state index in [1.54, 1.807) is 0 Å². The summed E-state index contributed by atoms with van der Waals surface area (Å²) in [5.74, 6) is 0.890. The smallest absolute Gasteiger partial charge is 0.224 e. The number of nitrogens with one attached hydrogen (secondary N) is 2. The summed E-state index contributed by atoms with van der Waals surface area (Å²) in [5.41, 5.74) is 1.77. The van der Waals surface area contributed by atoms with Crippen molar-refractivity contribution in [2.45, 2.75) is 52.0 Å². The third-order valence-corrected chi connectivity index (χ3v) is 3.30. The second kappa shape index (κ2) is 6.81. The van der Waals surface area contributed by atoms with Crippen LogP contribution in [-0.4, -0.2) is 24.0 Å². The number of ether oxygens (including phenoxy) is 1. The van der Waals surface area contributed by atoms with Gasteiger partial charge in [-0.1, -0.05) is 0 Å². The molecule has 1 heterocycles. The fourth-order valence-electron chi connectivity index (χ4n) is 2.35. The first kappa shape index (κ1) is 16.3. The van der Waals surface area contributed by atoms with Crippen LogP contribution in [0.15, 0.2) is 18.2 Å². The largest absolute Gasteiger partial charge is 0.494 e. The fourth-order valence-corrected chi connectivity index (χ4v) is 2.35. The van der Waals surface area contributed by atoms with Crippen molar-refractivity contribution in [2.24, 2.45) is 0 Å². The second-order valence-corrected chi connectivity index (χ2v) is 6.62. The van der Waals surface area contributed by atoms with Crippen LogP contribution in [0.2, 0.25) is 0 Å². The van der Waals surface area contributed by atoms with Gasteiger partial charge in [0, 0.05) is 24.1 Å². The van der Waals surface area contributed by atoms with Crippen LogP contribution < -0.4 is 15.4 Å². The second-order valence-electron chi connectivity index (χ2n) is 6.62. The van der Waals surface area contributed by atoms with Crippen molar-refractivity contribution in [3.63, 3.8) is 0 Å². The highest BCUT2D eigenvalue weighted by atomic mass is 16.5. The molecule has 2 amide bonds. The molecule has 0 saturated heterocycles. The van der Waals surface area contributed by atoms with E-state index in [9.17, 15) is 9.59 Å². The van der Waals surface area contributed by atoms with E-state index in [1.165, 1.54) is 0 Å². The van der Waals surface area contributed by atoms with Gasteiger partial charge in [-0.05, 0) is 57.4 Å². The molecule has 22 heavy (non-hydrogen) atoms. The van der Waals surface area contributed by atoms with E-state index in [1.807, 2.05) is 39.0 Å². The molecule has 0 fully saturated rings. The van der Waals surface area contributed by atoms with Crippen LogP contribution in [0, 0.1) is 0 Å². The summed E-state index contributed by atoms with van der Waals surface area (Å²) in [7, 11) is 0. The van der Waals surface area contributed by atoms with Crippen LogP contribution in [0.3, 0.4) is 0 Å². The average molecular weight is 304 g/mol. The highest BCUT2D eigenvalue weighted by molar-refractivity contribution is 5.94. The number of rotatable bonds is 5. The quantitative estimate of drug-likeness (QED) is 0.822. The van der Waals surface area contributed by atoms with Crippen molar-refractivity contribution in [3.05, 3.63) is 23.8 Å². The molecule has 120 valence electrons. The molecule has 0 bridgehead atoms. The Morgan fingerprint density at radius 3 is 2.82 bits per heavy atom. The normalized spacial score (nSPS) is 14.0. The first-order chi connectivity index (χ1) is 10.3. The van der Waals surface area contributed by atoms with Gasteiger partial charge in [0.15, 0.2) is 0 Å². The van der Waals surface area contributed by atoms with E-state index in [2.05, 4.69) is 10.6 Å². The summed E-state index contributed by atoms with van der Waals surface area (Å²) in [5, 5.41) is 5.77. The lowest BCUT2D eigenvalue weighted by Crippen LogP contribution is -2.40. The van der Waals surface area contributed by atoms with Crippen LogP contribution in [0.4, 0.5) is 5.69 Å². The van der Waals surface area contributed by atoms with Crippen LogP contribution >= 0.6 is 0 Å². The predicted molar refractivity (Wildman–Crippen MR) is 86.0 cm³/mol. The minimum atomic E-state index is -0.194. The van der Waals surface area contributed by atoms with Gasteiger partial charge >= 0.3 is 0 Å². The number of aryl methyl sites for hydroxylation is 1. The number of amides is 2. The predicted octanol–water partition coefficient (Wildman–Crippen LogP) is 2.65. The van der Waals surface area contributed by atoms with E-state index in [0.717, 1.165) is 23.4 Å². The topological polar surface area (TPSA) is 67.4 Å². The highest BCUT2D eigenvalue weighted by Gasteiger charge is 2.15. The zero-order valence-corrected chi connectivity index (χ0v) is 13.5. The summed E-state index contributed by atoms with van der Waals surface area (Å²) in [6.07, 6.45) is 2.39. The van der Waals surface area contributed by atoms with E-state index in [-0.39, 0.29) is 17.4 Å². The van der Waals surface area contributed by atoms with Gasteiger partial charge in [0.1, 0.15) is 5.75 Å². The molecule has 1 aromatic rings. The number of anilines is 1. The Kier molecular flexibility index (Phi) is 5.06. The number of carbonyl (C=O) groups excluding carboxylic acids is 2. The monoisotopic (exact) mass is 304 g/mol. The molecular formula is C17H24N2O3. The molecule has 5 heteroatoms. The summed E-state index contributed by atoms with van der Waals surface area (Å²) in [6.45, 7) is 6.40. The number of hydrogen-bond acceptors (Lipinski definition) is 3. The van der Waals surface area contributed by atoms with Crippen LogP contribution in [0.1, 0.15) is 45.6 Å². The molecule has 2 rings (SSSR count). The average Bonchev–Trinajstić information content (AvgIpc) is 2.41. The van der Waals surface area contributed by atoms with Crippen LogP contribution in [0.5, 0.6) is 5.75 Å². The molecule has 1 aliphatic heterocycles. The van der Waals surface area contributed by atoms with Gasteiger partial charge in [0.25, 0.3) is 0 Å². The first-order valence-corrected chi connectivity index (χ1v) is 7.70. The van der Waals surface area contributed by atoms with E-state index < -0.39 is 0 Å². The van der Waals surface area contributed by atoms with Gasteiger partial charge in [0.2, 0.25) is 11.8 Å². The van der Waals surface area contributed by atoms with Crippen molar-refractivity contribution in [1.82, 2.24) is 5.32 Å². The lowest BCUT2D eigenvalue weighted by Gasteiger charge is -2.20. The minimum Gasteiger partial charge on any atom is -0.494 e. The maximum atomic E-state index is 11.7. The Bertz CT molecular complexity index is 562. The molecule has 5 nitrogen and oxygen atoms in total. The molecule has 0 radical (unpaired) electrons. The summed E-state index contributed by atoms with van der Waals surface area (Å²) in [4.78, 5) is 23.0. The van der Waals surface area contributed by atoms with Gasteiger partial charge in [-0.3, -0.25) is 9.59 Å². The SMILES string of the molecule is CC(C)(C)NC(=O)CCCOc1ccc2c(c1)CCC(=O)N2. The van der Waals surface area contributed by atoms with E-state index in [0.29, 0.717) is 25.9 Å². The molecule has 1 aromatic carbocycles. The standard InChI is InChI=1S/C17H24N2O3/c1-17(2,3)19-16(21)5-4-10-22-13-7-8-14-12(11-13)6-9-15(20)18-14/h7-8,11H,4-6,9-10H2,1-3H3,(H,18,20)(H,19,21). The maximum Gasteiger partial charge on any atom is 0.224 e. The molecule has 0 atom stereocenters. The first-order valence-electron chi connectivity index (χ1n) is 7.70. The summed E-state index contributed by atoms with van der Waals surface area (Å²) in [6, 6.07) is 5.68. The van der Waals surface area contributed by atoms with Crippen molar-refractivity contribution in [2.75, 3.05) is 11.9 Å². The lowest BCUT2D eigenvalue weighted by atomic mass is 10.0. The molecule has 1 aliphatic rings. The van der Waals surface area contributed by atoms with Gasteiger partial charge in [-0.2, -0.15) is 0 Å². The van der Waals surface area contributed by atoms with E-state index >= 15 is 0 Å². The van der Waals surface area contributed by atoms with Gasteiger partial charge in [-0.15, -0.1) is 0 Å². The third kappa shape index (κ3) is 5.06. The molecular weight excluding hydrogens is 280 g/mol. The lowest BCUT2D eigenvalue weighted by molar-refractivity contribution is -0.122. The number of fused-ring (bicyclic) bond motifs is 1. The van der Waals surface area contributed by atoms with Gasteiger partial charge in [-0.25, -0.2) is 0 Å². The zero-order valence-electron chi connectivity index (χ0n) is 13.5. The number of hydrogen-bond donors (Lipinski definition) is 2. The molecule has 0 saturated carbocycles. The molecule has 0 unspecified atom stereocenters. The Morgan fingerprint density at radius 2 is 2.09 bits per heavy atom. The zero-order chi connectivity index (χ0) is 16.2. The van der Waals surface area contributed by atoms with Crippen molar-refractivity contribution < 1.29 is 14.3 Å². The van der Waals surface area contributed by atoms with Crippen LogP contribution in [-0.2, 0) is 16.0 Å². The highest BCUT2D eigenvalue weighted by Crippen LogP contribution is 2.26. The third-order valence-electron chi connectivity index (χ3n) is 3.30. The molecule has 0 aromatic heterocycles. The Balaban J connectivity index is 1.76. The molecule has 0 spiro atoms. The van der Waals surface area contributed by atoms with Crippen LogP contribution in [0.25, 0.3) is 0 Å². The Hall–Kier alpha value is -2.04. The molecule has 0 aliphatic carbocycles. The maximum absolute atomic E-state index is 11.7. The Labute approximate surface area is 131 Å². The Morgan fingerprint density at radius 1 is 1.32 bits per heavy atom. The van der Waals surface area contributed by atoms with Crippen molar-refractivity contribution in [1.29, 1.82) is 0 Å². The summed E-state index contributed by atoms with van der Waals surface area (Å²) < 4.78 is 5.69. The van der Waals surface area contributed by atoms with Crippen molar-refractivity contribution in [3.8, 4) is 5.75 Å². The number of carbonyl (C=O) groups is 2. The fraction of sp³-hybridized carbons (Fsp3) is 0.529. The van der Waals surface area contributed by atoms with Crippen molar-refractivity contribution >= 4 is 17.5 Å². The number of benzene rings is 1. The van der Waals surface area contributed by atoms with Gasteiger partial charge < -0.3 is 15.4 Å². The van der Waals surface area contributed by atoms with E-state index in [4.69, 9.17) is 4.74 Å². The summed E-state index contributed by atoms with van der Waals surface area (Å²) >= 11 is 0.